The molecule has 5 rings (SSSR count). The number of carbonyl (C=O) groups is 1. The Morgan fingerprint density at radius 2 is 1.95 bits per heavy atom. The van der Waals surface area contributed by atoms with E-state index < -0.39 is 39.6 Å². The molecule has 3 aromatic rings. The largest absolute Gasteiger partial charge is 0.435 e. The summed E-state index contributed by atoms with van der Waals surface area (Å²) >= 11 is 14.4. The first-order valence-corrected chi connectivity index (χ1v) is 13.9. The molecule has 1 unspecified atom stereocenters. The smallest absolute Gasteiger partial charge is 0.372 e. The Bertz CT molecular complexity index is 1430. The Labute approximate surface area is 233 Å². The third-order valence-electron chi connectivity index (χ3n) is 6.71. The minimum absolute atomic E-state index is 0.0904. The molecule has 0 bridgehead atoms. The first-order chi connectivity index (χ1) is 17.9. The molecule has 1 atom stereocenters. The van der Waals surface area contributed by atoms with E-state index in [1.807, 2.05) is 13.8 Å². The molecule has 0 aliphatic carbocycles. The highest BCUT2D eigenvalue weighted by Crippen LogP contribution is 2.50. The number of rotatable bonds is 5. The van der Waals surface area contributed by atoms with Crippen LogP contribution in [0.5, 0.6) is 0 Å². The Kier molecular flexibility index (Phi) is 7.12. The lowest BCUT2D eigenvalue weighted by atomic mass is 9.89. The molecule has 4 heterocycles. The van der Waals surface area contributed by atoms with Crippen molar-refractivity contribution in [2.24, 2.45) is 5.16 Å². The van der Waals surface area contributed by atoms with Crippen molar-refractivity contribution < 1.29 is 27.2 Å². The molecular formula is C24H20Cl2F4N4O2S2. The van der Waals surface area contributed by atoms with Gasteiger partial charge in [0, 0.05) is 34.8 Å². The van der Waals surface area contributed by atoms with Crippen LogP contribution in [-0.4, -0.2) is 34.3 Å². The van der Waals surface area contributed by atoms with Crippen LogP contribution in [0.1, 0.15) is 48.2 Å². The average Bonchev–Trinajstić information content (AvgIpc) is 3.62. The molecule has 0 saturated carbocycles. The second-order valence-electron chi connectivity index (χ2n) is 9.04. The van der Waals surface area contributed by atoms with Gasteiger partial charge in [0.05, 0.1) is 39.1 Å². The number of nitrogens with one attached hydrogen (secondary N) is 1. The minimum atomic E-state index is -4.88. The normalized spacial score (nSPS) is 18.9. The number of amidine groups is 1. The number of fused-ring (bicyclic) bond motifs is 1. The molecule has 2 aliphatic rings. The number of alkyl halides is 3. The SMILES string of the molecule is Cc1ncsc1CCNC(=O)c1sc2c(c1C)CN(C1=NOC(c3cc(Cl)c(F)c(Cl)c3)(C(F)(F)F)C1)C2. The zero-order chi connectivity index (χ0) is 27.4. The first-order valence-electron chi connectivity index (χ1n) is 11.4. The molecule has 14 heteroatoms. The molecule has 1 amide bonds. The highest BCUT2D eigenvalue weighted by molar-refractivity contribution is 7.14. The van der Waals surface area contributed by atoms with Crippen LogP contribution < -0.4 is 5.32 Å². The number of halogens is 6. The highest BCUT2D eigenvalue weighted by atomic mass is 35.5. The fourth-order valence-electron chi connectivity index (χ4n) is 4.54. The third-order valence-corrected chi connectivity index (χ3v) is 9.58. The van der Waals surface area contributed by atoms with Crippen molar-refractivity contribution in [1.82, 2.24) is 15.2 Å². The van der Waals surface area contributed by atoms with Crippen molar-refractivity contribution in [3.05, 3.63) is 70.5 Å². The number of hydrogen-bond donors (Lipinski definition) is 1. The van der Waals surface area contributed by atoms with Crippen molar-refractivity contribution in [2.45, 2.75) is 51.6 Å². The van der Waals surface area contributed by atoms with Crippen LogP contribution in [0.15, 0.2) is 22.8 Å². The van der Waals surface area contributed by atoms with Gasteiger partial charge in [-0.3, -0.25) is 4.79 Å². The van der Waals surface area contributed by atoms with Crippen molar-refractivity contribution in [2.75, 3.05) is 6.54 Å². The van der Waals surface area contributed by atoms with Gasteiger partial charge < -0.3 is 15.1 Å². The maximum atomic E-state index is 14.3. The lowest BCUT2D eigenvalue weighted by Crippen LogP contribution is -2.44. The summed E-state index contributed by atoms with van der Waals surface area (Å²) < 4.78 is 56.8. The van der Waals surface area contributed by atoms with Crippen molar-refractivity contribution in [1.29, 1.82) is 0 Å². The molecular weight excluding hydrogens is 587 g/mol. The van der Waals surface area contributed by atoms with Crippen LogP contribution in [0.4, 0.5) is 17.6 Å². The highest BCUT2D eigenvalue weighted by Gasteiger charge is 2.63. The summed E-state index contributed by atoms with van der Waals surface area (Å²) in [5, 5.41) is 5.64. The minimum Gasteiger partial charge on any atom is -0.372 e. The molecule has 1 aromatic carbocycles. The van der Waals surface area contributed by atoms with E-state index in [-0.39, 0.29) is 24.8 Å². The Balaban J connectivity index is 1.29. The fourth-order valence-corrected chi connectivity index (χ4v) is 7.06. The lowest BCUT2D eigenvalue weighted by Gasteiger charge is -2.30. The number of hydrogen-bond acceptors (Lipinski definition) is 7. The molecule has 2 aliphatic heterocycles. The lowest BCUT2D eigenvalue weighted by molar-refractivity contribution is -0.275. The van der Waals surface area contributed by atoms with Crippen LogP contribution in [0, 0.1) is 19.7 Å². The summed E-state index contributed by atoms with van der Waals surface area (Å²) in [7, 11) is 0. The van der Waals surface area contributed by atoms with Gasteiger partial charge in [0.15, 0.2) is 5.82 Å². The molecule has 0 fully saturated rings. The van der Waals surface area contributed by atoms with E-state index in [1.165, 1.54) is 11.3 Å². The number of aryl methyl sites for hydroxylation is 1. The van der Waals surface area contributed by atoms with E-state index in [0.717, 1.165) is 38.7 Å². The van der Waals surface area contributed by atoms with Gasteiger partial charge in [-0.25, -0.2) is 9.37 Å². The number of aromatic nitrogens is 1. The topological polar surface area (TPSA) is 66.8 Å². The predicted molar refractivity (Wildman–Crippen MR) is 138 cm³/mol. The zero-order valence-corrected chi connectivity index (χ0v) is 23.2. The summed E-state index contributed by atoms with van der Waals surface area (Å²) in [4.78, 5) is 26.3. The molecule has 0 saturated heterocycles. The van der Waals surface area contributed by atoms with Gasteiger partial charge in [0.1, 0.15) is 5.84 Å². The molecule has 6 nitrogen and oxygen atoms in total. The molecule has 0 radical (unpaired) electrons. The standard InChI is InChI=1S/C24H20Cl2F4N4O2S2/c1-11-14-8-34(9-18(14)38-21(11)22(35)31-4-3-17-12(2)32-10-37-17)19-7-23(36-33-19,24(28,29)30)13-5-15(25)20(27)16(26)6-13/h5-6,10H,3-4,7-9H2,1-2H3,(H,31,35). The summed E-state index contributed by atoms with van der Waals surface area (Å²) in [5.41, 5.74) is 1.12. The summed E-state index contributed by atoms with van der Waals surface area (Å²) in [5.74, 6) is -1.10. The maximum absolute atomic E-state index is 14.3. The van der Waals surface area contributed by atoms with Gasteiger partial charge in [-0.15, -0.1) is 22.7 Å². The molecule has 202 valence electrons. The average molecular weight is 607 g/mol. The Morgan fingerprint density at radius 1 is 1.24 bits per heavy atom. The number of thiazole rings is 1. The van der Waals surface area contributed by atoms with E-state index in [0.29, 0.717) is 17.8 Å². The number of amides is 1. The van der Waals surface area contributed by atoms with E-state index in [1.54, 1.807) is 21.7 Å². The van der Waals surface area contributed by atoms with E-state index in [4.69, 9.17) is 28.0 Å². The van der Waals surface area contributed by atoms with Crippen LogP contribution in [0.3, 0.4) is 0 Å². The van der Waals surface area contributed by atoms with Gasteiger partial charge in [0.2, 0.25) is 0 Å². The summed E-state index contributed by atoms with van der Waals surface area (Å²) in [6, 6.07) is 1.72. The molecule has 2 aromatic heterocycles. The monoisotopic (exact) mass is 606 g/mol. The van der Waals surface area contributed by atoms with Crippen molar-refractivity contribution in [3.63, 3.8) is 0 Å². The number of carbonyl (C=O) groups excluding carboxylic acids is 1. The quantitative estimate of drug-likeness (QED) is 0.258. The van der Waals surface area contributed by atoms with Gasteiger partial charge in [-0.1, -0.05) is 28.4 Å². The van der Waals surface area contributed by atoms with Crippen molar-refractivity contribution in [3.8, 4) is 0 Å². The molecule has 1 N–H and O–H groups in total. The predicted octanol–water partition coefficient (Wildman–Crippen LogP) is 6.75. The number of thiophene rings is 1. The summed E-state index contributed by atoms with van der Waals surface area (Å²) in [6.45, 7) is 4.80. The molecule has 38 heavy (non-hydrogen) atoms. The van der Waals surface area contributed by atoms with Crippen LogP contribution in [0.25, 0.3) is 0 Å². The number of benzene rings is 1. The van der Waals surface area contributed by atoms with E-state index in [2.05, 4.69) is 15.5 Å². The van der Waals surface area contributed by atoms with Gasteiger partial charge in [-0.2, -0.15) is 13.2 Å². The van der Waals surface area contributed by atoms with Gasteiger partial charge >= 0.3 is 6.18 Å². The fraction of sp³-hybridized carbons (Fsp3) is 0.375. The van der Waals surface area contributed by atoms with E-state index in [9.17, 15) is 22.4 Å². The second kappa shape index (κ2) is 9.96. The molecule has 0 spiro atoms. The number of nitrogens with zero attached hydrogens (tertiary/aromatic N) is 3. The van der Waals surface area contributed by atoms with E-state index >= 15 is 0 Å². The van der Waals surface area contributed by atoms with Crippen LogP contribution in [0.2, 0.25) is 10.0 Å². The summed E-state index contributed by atoms with van der Waals surface area (Å²) in [6.07, 6.45) is -4.83. The van der Waals surface area contributed by atoms with Gasteiger partial charge in [0.25, 0.3) is 11.5 Å². The van der Waals surface area contributed by atoms with Crippen LogP contribution >= 0.6 is 45.9 Å². The van der Waals surface area contributed by atoms with Crippen LogP contribution in [-0.2, 0) is 29.9 Å². The Morgan fingerprint density at radius 3 is 2.55 bits per heavy atom. The van der Waals surface area contributed by atoms with Crippen molar-refractivity contribution >= 4 is 57.6 Å². The maximum Gasteiger partial charge on any atom is 0.435 e. The first kappa shape index (κ1) is 27.2. The number of oxime groups is 1. The Hall–Kier alpha value is -2.41. The van der Waals surface area contributed by atoms with Gasteiger partial charge in [-0.05, 0) is 37.1 Å². The zero-order valence-electron chi connectivity index (χ0n) is 20.0. The second-order valence-corrected chi connectivity index (χ2v) is 11.9. The third kappa shape index (κ3) is 4.65.